The summed E-state index contributed by atoms with van der Waals surface area (Å²) < 4.78 is 0. The van der Waals surface area contributed by atoms with Crippen LogP contribution >= 0.6 is 0 Å². The van der Waals surface area contributed by atoms with Crippen LogP contribution in [0.1, 0.15) is 23.7 Å². The van der Waals surface area contributed by atoms with E-state index in [1.54, 1.807) is 0 Å². The Morgan fingerprint density at radius 2 is 1.81 bits per heavy atom. The molecule has 16 heavy (non-hydrogen) atoms. The molecule has 0 saturated carbocycles. The predicted molar refractivity (Wildman–Crippen MR) is 65.3 cm³/mol. The van der Waals surface area contributed by atoms with Crippen molar-refractivity contribution in [2.75, 3.05) is 26.7 Å². The van der Waals surface area contributed by atoms with Crippen LogP contribution in [0.2, 0.25) is 0 Å². The van der Waals surface area contributed by atoms with Gasteiger partial charge in [-0.1, -0.05) is 29.8 Å². The van der Waals surface area contributed by atoms with Gasteiger partial charge in [0.1, 0.15) is 0 Å². The first-order valence-corrected chi connectivity index (χ1v) is 5.67. The number of benzene rings is 1. The highest BCUT2D eigenvalue weighted by atomic mass is 16.3. The minimum atomic E-state index is -0.415. The Labute approximate surface area is 97.3 Å². The molecule has 0 amide bonds. The summed E-state index contributed by atoms with van der Waals surface area (Å²) in [7, 11) is 1.94. The molecule has 1 aromatic carbocycles. The molecule has 0 aliphatic heterocycles. The molecule has 3 heteroatoms. The third-order valence-electron chi connectivity index (χ3n) is 2.73. The highest BCUT2D eigenvalue weighted by Gasteiger charge is 2.08. The molecule has 0 aromatic heterocycles. The maximum Gasteiger partial charge on any atom is 0.0802 e. The van der Waals surface area contributed by atoms with Crippen LogP contribution in [0.4, 0.5) is 0 Å². The van der Waals surface area contributed by atoms with E-state index < -0.39 is 6.10 Å². The number of nitrogens with zero attached hydrogens (tertiary/aromatic N) is 1. The fourth-order valence-corrected chi connectivity index (χ4v) is 1.58. The summed E-state index contributed by atoms with van der Waals surface area (Å²) >= 11 is 0. The summed E-state index contributed by atoms with van der Waals surface area (Å²) in [5.74, 6) is 0. The number of hydrogen-bond donors (Lipinski definition) is 2. The Balaban J connectivity index is 2.40. The first kappa shape index (κ1) is 13.2. The van der Waals surface area contributed by atoms with Crippen LogP contribution in [0.15, 0.2) is 24.3 Å². The van der Waals surface area contributed by atoms with Gasteiger partial charge in [-0.3, -0.25) is 0 Å². The fraction of sp³-hybridized carbons (Fsp3) is 0.538. The van der Waals surface area contributed by atoms with Crippen LogP contribution in [0, 0.1) is 6.92 Å². The van der Waals surface area contributed by atoms with Crippen molar-refractivity contribution in [3.05, 3.63) is 35.4 Å². The first-order valence-electron chi connectivity index (χ1n) is 5.67. The molecule has 0 radical (unpaired) electrons. The quantitative estimate of drug-likeness (QED) is 0.765. The second-order valence-electron chi connectivity index (χ2n) is 4.24. The van der Waals surface area contributed by atoms with E-state index >= 15 is 0 Å². The van der Waals surface area contributed by atoms with Gasteiger partial charge >= 0.3 is 0 Å². The third kappa shape index (κ3) is 4.31. The number of hydrogen-bond acceptors (Lipinski definition) is 3. The smallest absolute Gasteiger partial charge is 0.0802 e. The van der Waals surface area contributed by atoms with Crippen LogP contribution in [-0.2, 0) is 0 Å². The standard InChI is InChI=1S/C13H21NO2/c1-11-3-5-12(6-4-11)13(16)7-8-14(2)9-10-15/h3-6,13,15-16H,7-10H2,1-2H3. The molecule has 3 nitrogen and oxygen atoms in total. The van der Waals surface area contributed by atoms with Crippen molar-refractivity contribution in [3.8, 4) is 0 Å². The van der Waals surface area contributed by atoms with Crippen molar-refractivity contribution in [1.29, 1.82) is 0 Å². The maximum absolute atomic E-state index is 9.94. The summed E-state index contributed by atoms with van der Waals surface area (Å²) in [6.45, 7) is 3.64. The zero-order chi connectivity index (χ0) is 12.0. The van der Waals surface area contributed by atoms with Gasteiger partial charge in [-0.05, 0) is 26.0 Å². The molecule has 1 unspecified atom stereocenters. The lowest BCUT2D eigenvalue weighted by atomic mass is 10.0. The van der Waals surface area contributed by atoms with E-state index in [1.165, 1.54) is 5.56 Å². The Bertz CT molecular complexity index is 297. The molecular weight excluding hydrogens is 202 g/mol. The van der Waals surface area contributed by atoms with Crippen molar-refractivity contribution >= 4 is 0 Å². The van der Waals surface area contributed by atoms with E-state index in [1.807, 2.05) is 43.1 Å². The minimum absolute atomic E-state index is 0.164. The Hall–Kier alpha value is -0.900. The number of rotatable bonds is 6. The molecule has 1 rings (SSSR count). The summed E-state index contributed by atoms with van der Waals surface area (Å²) in [5, 5.41) is 18.7. The van der Waals surface area contributed by atoms with Gasteiger partial charge in [0.15, 0.2) is 0 Å². The number of aryl methyl sites for hydroxylation is 1. The SMILES string of the molecule is Cc1ccc(C(O)CCN(C)CCO)cc1. The van der Waals surface area contributed by atoms with Crippen LogP contribution in [0.5, 0.6) is 0 Å². The van der Waals surface area contributed by atoms with Gasteiger partial charge in [0, 0.05) is 13.1 Å². The van der Waals surface area contributed by atoms with Crippen molar-refractivity contribution in [2.24, 2.45) is 0 Å². The lowest BCUT2D eigenvalue weighted by molar-refractivity contribution is 0.141. The van der Waals surface area contributed by atoms with Crippen molar-refractivity contribution < 1.29 is 10.2 Å². The normalized spacial score (nSPS) is 13.1. The number of likely N-dealkylation sites (N-methyl/N-ethyl adjacent to an activating group) is 1. The summed E-state index contributed by atoms with van der Waals surface area (Å²) in [6, 6.07) is 7.95. The largest absolute Gasteiger partial charge is 0.395 e. The molecule has 0 fully saturated rings. The Morgan fingerprint density at radius 3 is 2.38 bits per heavy atom. The molecule has 2 N–H and O–H groups in total. The molecule has 0 aliphatic rings. The van der Waals surface area contributed by atoms with Crippen molar-refractivity contribution in [1.82, 2.24) is 4.90 Å². The summed E-state index contributed by atoms with van der Waals surface area (Å²) in [5.41, 5.74) is 2.16. The number of aliphatic hydroxyl groups excluding tert-OH is 2. The third-order valence-corrected chi connectivity index (χ3v) is 2.73. The summed E-state index contributed by atoms with van der Waals surface area (Å²) in [4.78, 5) is 2.01. The molecule has 0 heterocycles. The van der Waals surface area contributed by atoms with Crippen LogP contribution in [0.25, 0.3) is 0 Å². The van der Waals surface area contributed by atoms with E-state index in [0.717, 1.165) is 12.1 Å². The number of aliphatic hydroxyl groups is 2. The Morgan fingerprint density at radius 1 is 1.19 bits per heavy atom. The maximum atomic E-state index is 9.94. The van der Waals surface area contributed by atoms with Gasteiger partial charge in [-0.2, -0.15) is 0 Å². The average molecular weight is 223 g/mol. The molecule has 1 atom stereocenters. The monoisotopic (exact) mass is 223 g/mol. The molecule has 0 aliphatic carbocycles. The molecule has 0 bridgehead atoms. The van der Waals surface area contributed by atoms with E-state index in [0.29, 0.717) is 13.0 Å². The van der Waals surface area contributed by atoms with E-state index in [9.17, 15) is 5.11 Å². The molecule has 0 saturated heterocycles. The molecule has 0 spiro atoms. The van der Waals surface area contributed by atoms with Gasteiger partial charge < -0.3 is 15.1 Å². The summed E-state index contributed by atoms with van der Waals surface area (Å²) in [6.07, 6.45) is 0.279. The zero-order valence-electron chi connectivity index (χ0n) is 10.1. The van der Waals surface area contributed by atoms with Gasteiger partial charge in [0.25, 0.3) is 0 Å². The van der Waals surface area contributed by atoms with Crippen LogP contribution in [0.3, 0.4) is 0 Å². The second kappa shape index (κ2) is 6.63. The second-order valence-corrected chi connectivity index (χ2v) is 4.24. The van der Waals surface area contributed by atoms with E-state index in [4.69, 9.17) is 5.11 Å². The zero-order valence-corrected chi connectivity index (χ0v) is 10.1. The van der Waals surface area contributed by atoms with Gasteiger partial charge in [0.05, 0.1) is 12.7 Å². The Kier molecular flexibility index (Phi) is 5.46. The van der Waals surface area contributed by atoms with Gasteiger partial charge in [-0.15, -0.1) is 0 Å². The minimum Gasteiger partial charge on any atom is -0.395 e. The highest BCUT2D eigenvalue weighted by Crippen LogP contribution is 2.17. The highest BCUT2D eigenvalue weighted by molar-refractivity contribution is 5.22. The fourth-order valence-electron chi connectivity index (χ4n) is 1.58. The topological polar surface area (TPSA) is 43.7 Å². The average Bonchev–Trinajstić information content (AvgIpc) is 2.27. The van der Waals surface area contributed by atoms with Crippen LogP contribution < -0.4 is 0 Å². The van der Waals surface area contributed by atoms with Crippen molar-refractivity contribution in [3.63, 3.8) is 0 Å². The lowest BCUT2D eigenvalue weighted by Crippen LogP contribution is -2.24. The molecule has 90 valence electrons. The van der Waals surface area contributed by atoms with Gasteiger partial charge in [-0.25, -0.2) is 0 Å². The lowest BCUT2D eigenvalue weighted by Gasteiger charge is -2.18. The molecular formula is C13H21NO2. The predicted octanol–water partition coefficient (Wildman–Crippen LogP) is 1.34. The van der Waals surface area contributed by atoms with E-state index in [2.05, 4.69) is 0 Å². The first-order chi connectivity index (χ1) is 7.63. The van der Waals surface area contributed by atoms with Crippen LogP contribution in [-0.4, -0.2) is 41.9 Å². The van der Waals surface area contributed by atoms with Crippen molar-refractivity contribution in [2.45, 2.75) is 19.4 Å². The molecule has 1 aromatic rings. The van der Waals surface area contributed by atoms with E-state index in [-0.39, 0.29) is 6.61 Å². The van der Waals surface area contributed by atoms with Gasteiger partial charge in [0.2, 0.25) is 0 Å².